The summed E-state index contributed by atoms with van der Waals surface area (Å²) < 4.78 is 26.0. The lowest BCUT2D eigenvalue weighted by molar-refractivity contribution is 0.309. The minimum Gasteiger partial charge on any atom is -0.330 e. The molecule has 0 unspecified atom stereocenters. The average Bonchev–Trinajstić information content (AvgIpc) is 2.74. The summed E-state index contributed by atoms with van der Waals surface area (Å²) in [7, 11) is -3.08. The van der Waals surface area contributed by atoms with Gasteiger partial charge in [0.1, 0.15) is 0 Å². The van der Waals surface area contributed by atoms with Gasteiger partial charge in [-0.05, 0) is 31.2 Å². The zero-order valence-electron chi connectivity index (χ0n) is 10.2. The molecule has 96 valence electrons. The number of hydrogen-bond acceptors (Lipinski definition) is 3. The molecule has 1 fully saturated rings. The highest BCUT2D eigenvalue weighted by Crippen LogP contribution is 2.36. The van der Waals surface area contributed by atoms with E-state index in [4.69, 9.17) is 5.73 Å². The van der Waals surface area contributed by atoms with Gasteiger partial charge in [-0.15, -0.1) is 0 Å². The van der Waals surface area contributed by atoms with Crippen LogP contribution in [0.4, 0.5) is 0 Å². The quantitative estimate of drug-likeness (QED) is 0.711. The minimum atomic E-state index is -3.08. The van der Waals surface area contributed by atoms with Gasteiger partial charge >= 0.3 is 0 Å². The summed E-state index contributed by atoms with van der Waals surface area (Å²) in [5.74, 6) is 0.240. The lowest BCUT2D eigenvalue weighted by Gasteiger charge is -2.27. The molecule has 5 heteroatoms. The van der Waals surface area contributed by atoms with Crippen molar-refractivity contribution in [3.05, 3.63) is 0 Å². The van der Waals surface area contributed by atoms with Crippen LogP contribution in [0.15, 0.2) is 0 Å². The number of sulfonamides is 1. The molecule has 0 amide bonds. The van der Waals surface area contributed by atoms with Crippen LogP contribution in [0.2, 0.25) is 0 Å². The third-order valence-electron chi connectivity index (χ3n) is 3.53. The first kappa shape index (κ1) is 13.9. The summed E-state index contributed by atoms with van der Waals surface area (Å²) in [5, 5.41) is 0. The van der Waals surface area contributed by atoms with Gasteiger partial charge in [0, 0.05) is 6.54 Å². The summed E-state index contributed by atoms with van der Waals surface area (Å²) >= 11 is 0. The second-order valence-corrected chi connectivity index (χ2v) is 6.83. The Labute approximate surface area is 99.0 Å². The maximum atomic E-state index is 11.7. The molecule has 0 radical (unpaired) electrons. The first-order valence-corrected chi connectivity index (χ1v) is 7.86. The highest BCUT2D eigenvalue weighted by atomic mass is 32.2. The zero-order valence-corrected chi connectivity index (χ0v) is 11.0. The molecule has 0 aromatic carbocycles. The van der Waals surface area contributed by atoms with Crippen LogP contribution in [0.5, 0.6) is 0 Å². The van der Waals surface area contributed by atoms with Crippen LogP contribution in [0.25, 0.3) is 0 Å². The molecular weight excluding hydrogens is 224 g/mol. The number of rotatable bonds is 7. The van der Waals surface area contributed by atoms with Gasteiger partial charge in [0.15, 0.2) is 0 Å². The molecule has 0 bridgehead atoms. The molecule has 1 rings (SSSR count). The number of nitrogens with one attached hydrogen (secondary N) is 1. The Morgan fingerprint density at radius 2 is 1.94 bits per heavy atom. The average molecular weight is 248 g/mol. The third-order valence-corrected chi connectivity index (χ3v) is 4.94. The smallest absolute Gasteiger partial charge is 0.211 e. The molecule has 1 aliphatic rings. The predicted octanol–water partition coefficient (Wildman–Crippen LogP) is 1.22. The van der Waals surface area contributed by atoms with Crippen molar-refractivity contribution < 1.29 is 8.42 Å². The molecule has 16 heavy (non-hydrogen) atoms. The highest BCUT2D eigenvalue weighted by Gasteiger charge is 2.33. The maximum Gasteiger partial charge on any atom is 0.211 e. The van der Waals surface area contributed by atoms with Crippen molar-refractivity contribution in [3.63, 3.8) is 0 Å². The fourth-order valence-corrected chi connectivity index (χ4v) is 3.59. The SMILES string of the molecule is CCCCS(=O)(=O)NCC1(CN)CCCC1. The van der Waals surface area contributed by atoms with E-state index >= 15 is 0 Å². The van der Waals surface area contributed by atoms with Crippen LogP contribution in [0.3, 0.4) is 0 Å². The van der Waals surface area contributed by atoms with E-state index in [0.717, 1.165) is 25.7 Å². The van der Waals surface area contributed by atoms with E-state index in [9.17, 15) is 8.42 Å². The molecule has 1 aliphatic carbocycles. The largest absolute Gasteiger partial charge is 0.330 e. The van der Waals surface area contributed by atoms with Crippen LogP contribution < -0.4 is 10.5 Å². The Bertz CT molecular complexity index is 295. The highest BCUT2D eigenvalue weighted by molar-refractivity contribution is 7.89. The summed E-state index contributed by atoms with van der Waals surface area (Å²) in [5.41, 5.74) is 5.79. The zero-order chi connectivity index (χ0) is 12.1. The van der Waals surface area contributed by atoms with E-state index in [2.05, 4.69) is 4.72 Å². The van der Waals surface area contributed by atoms with E-state index in [1.807, 2.05) is 6.92 Å². The normalized spacial score (nSPS) is 20.1. The van der Waals surface area contributed by atoms with Crippen LogP contribution in [-0.4, -0.2) is 27.3 Å². The molecule has 0 aromatic heterocycles. The summed E-state index contributed by atoms with van der Waals surface area (Å²) in [4.78, 5) is 0. The van der Waals surface area contributed by atoms with Gasteiger partial charge in [0.25, 0.3) is 0 Å². The summed E-state index contributed by atoms with van der Waals surface area (Å²) in [6, 6.07) is 0. The molecule has 0 aromatic rings. The van der Waals surface area contributed by atoms with Crippen LogP contribution in [-0.2, 0) is 10.0 Å². The van der Waals surface area contributed by atoms with Crippen LogP contribution in [0.1, 0.15) is 45.4 Å². The van der Waals surface area contributed by atoms with E-state index in [1.54, 1.807) is 0 Å². The molecule has 0 heterocycles. The van der Waals surface area contributed by atoms with Gasteiger partial charge in [-0.3, -0.25) is 0 Å². The van der Waals surface area contributed by atoms with Gasteiger partial charge in [0.2, 0.25) is 10.0 Å². The standard InChI is InChI=1S/C11H24N2O2S/c1-2-3-8-16(14,15)13-10-11(9-12)6-4-5-7-11/h13H,2-10,12H2,1H3. The van der Waals surface area contributed by atoms with Crippen molar-refractivity contribution in [2.75, 3.05) is 18.8 Å². The summed E-state index contributed by atoms with van der Waals surface area (Å²) in [6.45, 7) is 3.10. The van der Waals surface area contributed by atoms with Gasteiger partial charge in [-0.1, -0.05) is 26.2 Å². The monoisotopic (exact) mass is 248 g/mol. The van der Waals surface area contributed by atoms with Crippen molar-refractivity contribution in [2.45, 2.75) is 45.4 Å². The minimum absolute atomic E-state index is 0.0271. The first-order valence-electron chi connectivity index (χ1n) is 6.21. The second-order valence-electron chi connectivity index (χ2n) is 4.90. The topological polar surface area (TPSA) is 72.2 Å². The Morgan fingerprint density at radius 1 is 1.31 bits per heavy atom. The van der Waals surface area contributed by atoms with Gasteiger partial charge in [-0.25, -0.2) is 13.1 Å². The Morgan fingerprint density at radius 3 is 2.44 bits per heavy atom. The van der Waals surface area contributed by atoms with E-state index < -0.39 is 10.0 Å². The summed E-state index contributed by atoms with van der Waals surface area (Å²) in [6.07, 6.45) is 6.09. The van der Waals surface area contributed by atoms with Gasteiger partial charge in [-0.2, -0.15) is 0 Å². The first-order chi connectivity index (χ1) is 7.54. The van der Waals surface area contributed by atoms with Crippen molar-refractivity contribution in [1.82, 2.24) is 4.72 Å². The molecule has 0 aliphatic heterocycles. The fraction of sp³-hybridized carbons (Fsp3) is 1.00. The van der Waals surface area contributed by atoms with E-state index in [1.165, 1.54) is 12.8 Å². The van der Waals surface area contributed by atoms with Gasteiger partial charge in [0.05, 0.1) is 5.75 Å². The second kappa shape index (κ2) is 5.98. The third kappa shape index (κ3) is 4.03. The van der Waals surface area contributed by atoms with Crippen molar-refractivity contribution >= 4 is 10.0 Å². The van der Waals surface area contributed by atoms with Gasteiger partial charge < -0.3 is 5.73 Å². The van der Waals surface area contributed by atoms with Crippen molar-refractivity contribution in [1.29, 1.82) is 0 Å². The Hall–Kier alpha value is -0.130. The number of nitrogens with two attached hydrogens (primary N) is 1. The number of unbranched alkanes of at least 4 members (excludes halogenated alkanes) is 1. The Balaban J connectivity index is 2.43. The van der Waals surface area contributed by atoms with E-state index in [0.29, 0.717) is 13.1 Å². The maximum absolute atomic E-state index is 11.7. The predicted molar refractivity (Wildman–Crippen MR) is 66.7 cm³/mol. The molecule has 4 nitrogen and oxygen atoms in total. The van der Waals surface area contributed by atoms with Crippen LogP contribution >= 0.6 is 0 Å². The van der Waals surface area contributed by atoms with Crippen LogP contribution in [0, 0.1) is 5.41 Å². The van der Waals surface area contributed by atoms with E-state index in [-0.39, 0.29) is 11.2 Å². The molecule has 3 N–H and O–H groups in total. The molecular formula is C11H24N2O2S. The lowest BCUT2D eigenvalue weighted by Crippen LogP contribution is -2.41. The Kier molecular flexibility index (Phi) is 5.21. The number of hydrogen-bond donors (Lipinski definition) is 2. The lowest BCUT2D eigenvalue weighted by atomic mass is 9.87. The van der Waals surface area contributed by atoms with Crippen molar-refractivity contribution in [3.8, 4) is 0 Å². The van der Waals surface area contributed by atoms with Crippen molar-refractivity contribution in [2.24, 2.45) is 11.1 Å². The fourth-order valence-electron chi connectivity index (χ4n) is 2.25. The molecule has 0 saturated heterocycles. The molecule has 1 saturated carbocycles. The molecule has 0 spiro atoms. The molecule has 0 atom stereocenters.